The number of benzene rings is 1. The average molecular weight is 401 g/mol. The minimum absolute atomic E-state index is 0.513. The van der Waals surface area contributed by atoms with Gasteiger partial charge in [-0.25, -0.2) is 4.98 Å². The van der Waals surface area contributed by atoms with Gasteiger partial charge in [-0.2, -0.15) is 5.26 Å². The third kappa shape index (κ3) is 3.81. The summed E-state index contributed by atoms with van der Waals surface area (Å²) in [4.78, 5) is 7.21. The Kier molecular flexibility index (Phi) is 6.08. The molecule has 0 unspecified atom stereocenters. The minimum Gasteiger partial charge on any atom is -0.350 e. The first kappa shape index (κ1) is 20.5. The fraction of sp³-hybridized carbons (Fsp3) is 0.462. The predicted molar refractivity (Wildman–Crippen MR) is 124 cm³/mol. The first-order chi connectivity index (χ1) is 14.6. The van der Waals surface area contributed by atoms with Gasteiger partial charge in [-0.05, 0) is 49.4 Å². The van der Waals surface area contributed by atoms with Crippen molar-refractivity contribution in [3.8, 4) is 6.07 Å². The van der Waals surface area contributed by atoms with Crippen LogP contribution in [0.2, 0.25) is 0 Å². The quantitative estimate of drug-likeness (QED) is 0.453. The molecule has 2 aromatic heterocycles. The highest BCUT2D eigenvalue weighted by Crippen LogP contribution is 2.35. The lowest BCUT2D eigenvalue weighted by molar-refractivity contribution is 0.570. The van der Waals surface area contributed by atoms with Gasteiger partial charge in [-0.1, -0.05) is 56.9 Å². The standard InChI is InChI=1S/C26H32N4/c1-4-5-6-7-10-14-30-20(3)19(2)24-16-23(17-27)28-26(25(24)30)29-15-13-21-11-8-9-12-22(21)18-29/h8-9,11-12,16H,4-7,10,13-15,18H2,1-3H3. The third-order valence-electron chi connectivity index (χ3n) is 6.63. The van der Waals surface area contributed by atoms with E-state index in [4.69, 9.17) is 4.98 Å². The molecule has 0 amide bonds. The van der Waals surface area contributed by atoms with E-state index in [1.807, 2.05) is 6.07 Å². The van der Waals surface area contributed by atoms with E-state index in [9.17, 15) is 5.26 Å². The highest BCUT2D eigenvalue weighted by molar-refractivity contribution is 5.94. The van der Waals surface area contributed by atoms with Crippen molar-refractivity contribution in [2.75, 3.05) is 11.4 Å². The highest BCUT2D eigenvalue weighted by atomic mass is 15.2. The topological polar surface area (TPSA) is 44.9 Å². The zero-order chi connectivity index (χ0) is 21.1. The average Bonchev–Trinajstić information content (AvgIpc) is 3.02. The van der Waals surface area contributed by atoms with Gasteiger partial charge >= 0.3 is 0 Å². The van der Waals surface area contributed by atoms with Crippen LogP contribution in [0.4, 0.5) is 5.82 Å². The van der Waals surface area contributed by atoms with Crippen LogP contribution in [-0.4, -0.2) is 16.1 Å². The molecule has 0 spiro atoms. The van der Waals surface area contributed by atoms with Crippen molar-refractivity contribution in [3.63, 3.8) is 0 Å². The molecule has 0 bridgehead atoms. The number of anilines is 1. The van der Waals surface area contributed by atoms with E-state index < -0.39 is 0 Å². The number of nitriles is 1. The minimum atomic E-state index is 0.513. The number of fused-ring (bicyclic) bond motifs is 2. The molecule has 3 heterocycles. The summed E-state index contributed by atoms with van der Waals surface area (Å²) < 4.78 is 2.46. The first-order valence-corrected chi connectivity index (χ1v) is 11.4. The molecule has 0 saturated carbocycles. The molecule has 0 radical (unpaired) electrons. The lowest BCUT2D eigenvalue weighted by Gasteiger charge is -2.30. The second-order valence-electron chi connectivity index (χ2n) is 8.56. The third-order valence-corrected chi connectivity index (χ3v) is 6.63. The Morgan fingerprint density at radius 1 is 1.07 bits per heavy atom. The molecule has 4 rings (SSSR count). The molecule has 1 aliphatic heterocycles. The van der Waals surface area contributed by atoms with E-state index >= 15 is 0 Å². The van der Waals surface area contributed by atoms with Crippen molar-refractivity contribution in [2.24, 2.45) is 0 Å². The smallest absolute Gasteiger partial charge is 0.155 e. The van der Waals surface area contributed by atoms with Crippen LogP contribution in [0.25, 0.3) is 10.9 Å². The molecule has 4 heteroatoms. The van der Waals surface area contributed by atoms with Crippen molar-refractivity contribution in [2.45, 2.75) is 72.4 Å². The van der Waals surface area contributed by atoms with Crippen LogP contribution in [0.15, 0.2) is 30.3 Å². The summed E-state index contributed by atoms with van der Waals surface area (Å²) in [5.41, 5.74) is 7.10. The van der Waals surface area contributed by atoms with Gasteiger partial charge < -0.3 is 9.47 Å². The van der Waals surface area contributed by atoms with Gasteiger partial charge in [0.1, 0.15) is 11.8 Å². The number of aromatic nitrogens is 2. The Morgan fingerprint density at radius 2 is 1.83 bits per heavy atom. The van der Waals surface area contributed by atoms with Crippen molar-refractivity contribution in [3.05, 3.63) is 58.4 Å². The Balaban J connectivity index is 1.75. The summed E-state index contributed by atoms with van der Waals surface area (Å²) in [6.07, 6.45) is 7.36. The van der Waals surface area contributed by atoms with E-state index in [1.165, 1.54) is 65.4 Å². The lowest BCUT2D eigenvalue weighted by atomic mass is 10.00. The van der Waals surface area contributed by atoms with Gasteiger partial charge in [-0.15, -0.1) is 0 Å². The molecular weight excluding hydrogens is 368 g/mol. The molecule has 0 N–H and O–H groups in total. The molecule has 4 nitrogen and oxygen atoms in total. The van der Waals surface area contributed by atoms with Crippen molar-refractivity contribution < 1.29 is 0 Å². The number of nitrogens with zero attached hydrogens (tertiary/aromatic N) is 4. The van der Waals surface area contributed by atoms with Crippen LogP contribution >= 0.6 is 0 Å². The SMILES string of the molecule is CCCCCCCn1c(C)c(C)c2cc(C#N)nc(N3CCc4ccccc4C3)c21. The molecule has 0 fully saturated rings. The highest BCUT2D eigenvalue weighted by Gasteiger charge is 2.24. The Morgan fingerprint density at radius 3 is 2.60 bits per heavy atom. The molecule has 30 heavy (non-hydrogen) atoms. The predicted octanol–water partition coefficient (Wildman–Crippen LogP) is 6.06. The maximum Gasteiger partial charge on any atom is 0.155 e. The van der Waals surface area contributed by atoms with E-state index in [2.05, 4.69) is 60.6 Å². The summed E-state index contributed by atoms with van der Waals surface area (Å²) in [5.74, 6) is 0.975. The number of pyridine rings is 1. The number of hydrogen-bond donors (Lipinski definition) is 0. The zero-order valence-corrected chi connectivity index (χ0v) is 18.5. The van der Waals surface area contributed by atoms with Gasteiger partial charge in [0, 0.05) is 30.7 Å². The summed E-state index contributed by atoms with van der Waals surface area (Å²) in [6, 6.07) is 13.0. The van der Waals surface area contributed by atoms with E-state index in [1.54, 1.807) is 0 Å². The second kappa shape index (κ2) is 8.92. The van der Waals surface area contributed by atoms with Gasteiger partial charge in [0.05, 0.1) is 5.52 Å². The van der Waals surface area contributed by atoms with E-state index in [0.29, 0.717) is 5.69 Å². The Bertz CT molecular complexity index is 1090. The van der Waals surface area contributed by atoms with Crippen molar-refractivity contribution >= 4 is 16.7 Å². The molecule has 1 aromatic carbocycles. The molecule has 1 aliphatic rings. The Labute approximate surface area is 180 Å². The van der Waals surface area contributed by atoms with Crippen LogP contribution in [0.5, 0.6) is 0 Å². The second-order valence-corrected chi connectivity index (χ2v) is 8.56. The van der Waals surface area contributed by atoms with Crippen molar-refractivity contribution in [1.82, 2.24) is 9.55 Å². The number of hydrogen-bond acceptors (Lipinski definition) is 3. The maximum absolute atomic E-state index is 9.63. The van der Waals surface area contributed by atoms with Crippen LogP contribution in [0.3, 0.4) is 0 Å². The van der Waals surface area contributed by atoms with Crippen molar-refractivity contribution in [1.29, 1.82) is 5.26 Å². The summed E-state index contributed by atoms with van der Waals surface area (Å²) in [5, 5.41) is 10.8. The molecule has 0 saturated heterocycles. The summed E-state index contributed by atoms with van der Waals surface area (Å²) in [6.45, 7) is 9.46. The zero-order valence-electron chi connectivity index (χ0n) is 18.5. The molecule has 3 aromatic rings. The molecular formula is C26H32N4. The molecule has 0 aliphatic carbocycles. The number of rotatable bonds is 7. The molecule has 0 atom stereocenters. The normalized spacial score (nSPS) is 13.5. The van der Waals surface area contributed by atoms with Gasteiger partial charge in [0.25, 0.3) is 0 Å². The lowest BCUT2D eigenvalue weighted by Crippen LogP contribution is -2.31. The maximum atomic E-state index is 9.63. The largest absolute Gasteiger partial charge is 0.350 e. The fourth-order valence-electron chi connectivity index (χ4n) is 4.75. The van der Waals surface area contributed by atoms with E-state index in [-0.39, 0.29) is 0 Å². The Hall–Kier alpha value is -2.80. The molecule has 156 valence electrons. The van der Waals surface area contributed by atoms with Crippen LogP contribution in [0, 0.1) is 25.2 Å². The first-order valence-electron chi connectivity index (χ1n) is 11.4. The van der Waals surface area contributed by atoms with Gasteiger partial charge in [0.15, 0.2) is 5.82 Å². The van der Waals surface area contributed by atoms with Crippen LogP contribution < -0.4 is 4.90 Å². The summed E-state index contributed by atoms with van der Waals surface area (Å²) >= 11 is 0. The monoisotopic (exact) mass is 400 g/mol. The summed E-state index contributed by atoms with van der Waals surface area (Å²) in [7, 11) is 0. The van der Waals surface area contributed by atoms with Crippen LogP contribution in [-0.2, 0) is 19.5 Å². The number of unbranched alkanes of at least 4 members (excludes halogenated alkanes) is 4. The van der Waals surface area contributed by atoms with Crippen LogP contribution in [0.1, 0.15) is 67.1 Å². The van der Waals surface area contributed by atoms with Gasteiger partial charge in [0.2, 0.25) is 0 Å². The number of aryl methyl sites for hydroxylation is 2. The fourth-order valence-corrected chi connectivity index (χ4v) is 4.75. The van der Waals surface area contributed by atoms with E-state index in [0.717, 1.165) is 31.9 Å². The van der Waals surface area contributed by atoms with Gasteiger partial charge in [-0.3, -0.25) is 0 Å².